The number of fused-ring (bicyclic) bond motifs is 1. The Balaban J connectivity index is 2.50. The summed E-state index contributed by atoms with van der Waals surface area (Å²) in [6.45, 7) is 1.18. The van der Waals surface area contributed by atoms with Gasteiger partial charge in [0, 0.05) is 11.1 Å². The molecule has 0 N–H and O–H groups in total. The van der Waals surface area contributed by atoms with E-state index in [1.54, 1.807) is 0 Å². The van der Waals surface area contributed by atoms with Gasteiger partial charge in [-0.15, -0.1) is 0 Å². The molecule has 0 radical (unpaired) electrons. The topological polar surface area (TPSA) is 43.4 Å². The van der Waals surface area contributed by atoms with Gasteiger partial charge in [-0.1, -0.05) is 0 Å². The molecule has 0 aromatic heterocycles. The standard InChI is InChI=1S/C12H9F5O3S/c1-6-9(13)5-8-7(11(6)14)3-2-4-10(8)20-21(18,19)12(15,16)17/h4-5H,2-3H2,1H3. The molecule has 0 unspecified atom stereocenters. The highest BCUT2D eigenvalue weighted by atomic mass is 32.2. The second-order valence-corrected chi connectivity index (χ2v) is 5.95. The number of hydrogen-bond donors (Lipinski definition) is 0. The summed E-state index contributed by atoms with van der Waals surface area (Å²) < 4.78 is 90.3. The summed E-state index contributed by atoms with van der Waals surface area (Å²) in [6, 6.07) is 0.768. The molecule has 0 saturated heterocycles. The van der Waals surface area contributed by atoms with E-state index in [9.17, 15) is 30.4 Å². The summed E-state index contributed by atoms with van der Waals surface area (Å²) >= 11 is 0. The summed E-state index contributed by atoms with van der Waals surface area (Å²) in [5.41, 5.74) is -6.29. The van der Waals surface area contributed by atoms with Crippen molar-refractivity contribution in [3.05, 3.63) is 40.5 Å². The molecular weight excluding hydrogens is 319 g/mol. The van der Waals surface area contributed by atoms with Crippen molar-refractivity contribution in [3.63, 3.8) is 0 Å². The van der Waals surface area contributed by atoms with Gasteiger partial charge in [0.25, 0.3) is 0 Å². The van der Waals surface area contributed by atoms with E-state index >= 15 is 0 Å². The zero-order valence-electron chi connectivity index (χ0n) is 10.6. The zero-order chi connectivity index (χ0) is 16.0. The molecule has 0 aliphatic heterocycles. The van der Waals surface area contributed by atoms with Crippen LogP contribution in [-0.4, -0.2) is 13.9 Å². The Morgan fingerprint density at radius 2 is 1.86 bits per heavy atom. The maximum absolute atomic E-state index is 13.9. The van der Waals surface area contributed by atoms with Gasteiger partial charge in [0.05, 0.1) is 0 Å². The number of benzene rings is 1. The van der Waals surface area contributed by atoms with Crippen molar-refractivity contribution in [2.75, 3.05) is 0 Å². The molecule has 2 rings (SSSR count). The molecular formula is C12H9F5O3S. The minimum atomic E-state index is -5.89. The average molecular weight is 328 g/mol. The van der Waals surface area contributed by atoms with E-state index < -0.39 is 33.0 Å². The fraction of sp³-hybridized carbons (Fsp3) is 0.333. The van der Waals surface area contributed by atoms with Crippen molar-refractivity contribution in [3.8, 4) is 0 Å². The molecule has 1 aliphatic carbocycles. The third-order valence-corrected chi connectivity index (χ3v) is 3.99. The van der Waals surface area contributed by atoms with Gasteiger partial charge in [-0.25, -0.2) is 8.78 Å². The molecule has 0 bridgehead atoms. The SMILES string of the molecule is Cc1c(F)cc2c(c1F)CCC=C2OS(=O)(=O)C(F)(F)F. The first-order valence-electron chi connectivity index (χ1n) is 5.73. The number of halogens is 5. The normalized spacial score (nSPS) is 15.4. The molecule has 0 heterocycles. The Morgan fingerprint density at radius 1 is 1.24 bits per heavy atom. The van der Waals surface area contributed by atoms with Gasteiger partial charge in [0.15, 0.2) is 0 Å². The number of allylic oxidation sites excluding steroid dienone is 1. The van der Waals surface area contributed by atoms with E-state index in [1.807, 2.05) is 0 Å². The van der Waals surface area contributed by atoms with Crippen LogP contribution in [0, 0.1) is 18.6 Å². The Hall–Kier alpha value is -1.64. The van der Waals surface area contributed by atoms with Crippen LogP contribution >= 0.6 is 0 Å². The summed E-state index contributed by atoms with van der Waals surface area (Å²) in [4.78, 5) is 0. The molecule has 116 valence electrons. The molecule has 1 aromatic carbocycles. The fourth-order valence-electron chi connectivity index (χ4n) is 1.94. The molecule has 1 aromatic rings. The minimum Gasteiger partial charge on any atom is -0.376 e. The first-order valence-corrected chi connectivity index (χ1v) is 7.14. The van der Waals surface area contributed by atoms with E-state index in [2.05, 4.69) is 4.18 Å². The molecule has 0 fully saturated rings. The lowest BCUT2D eigenvalue weighted by Gasteiger charge is -2.20. The quantitative estimate of drug-likeness (QED) is 0.475. The van der Waals surface area contributed by atoms with Crippen LogP contribution in [-0.2, 0) is 20.7 Å². The Bertz CT molecular complexity index is 719. The first-order chi connectivity index (χ1) is 9.54. The Morgan fingerprint density at radius 3 is 2.43 bits per heavy atom. The lowest BCUT2D eigenvalue weighted by atomic mass is 9.93. The highest BCUT2D eigenvalue weighted by Gasteiger charge is 2.49. The molecule has 3 nitrogen and oxygen atoms in total. The monoisotopic (exact) mass is 328 g/mol. The van der Waals surface area contributed by atoms with Crippen molar-refractivity contribution in [1.82, 2.24) is 0 Å². The molecule has 0 spiro atoms. The van der Waals surface area contributed by atoms with Crippen LogP contribution in [0.15, 0.2) is 12.1 Å². The maximum Gasteiger partial charge on any atom is 0.534 e. The Kier molecular flexibility index (Phi) is 3.73. The van der Waals surface area contributed by atoms with Crippen LogP contribution in [0.1, 0.15) is 23.1 Å². The minimum absolute atomic E-state index is 0.0659. The molecule has 21 heavy (non-hydrogen) atoms. The van der Waals surface area contributed by atoms with Crippen LogP contribution in [0.4, 0.5) is 22.0 Å². The van der Waals surface area contributed by atoms with Gasteiger partial charge in [0.1, 0.15) is 17.4 Å². The van der Waals surface area contributed by atoms with Crippen molar-refractivity contribution in [2.24, 2.45) is 0 Å². The zero-order valence-corrected chi connectivity index (χ0v) is 11.4. The summed E-state index contributed by atoms with van der Waals surface area (Å²) in [6.07, 6.45) is 1.25. The van der Waals surface area contributed by atoms with Crippen LogP contribution in [0.3, 0.4) is 0 Å². The maximum atomic E-state index is 13.9. The van der Waals surface area contributed by atoms with Crippen molar-refractivity contribution in [1.29, 1.82) is 0 Å². The smallest absolute Gasteiger partial charge is 0.376 e. The second-order valence-electron chi connectivity index (χ2n) is 4.41. The highest BCUT2D eigenvalue weighted by molar-refractivity contribution is 7.87. The molecule has 0 amide bonds. The first kappa shape index (κ1) is 15.7. The van der Waals surface area contributed by atoms with Gasteiger partial charge in [0.2, 0.25) is 0 Å². The summed E-state index contributed by atoms with van der Waals surface area (Å²) in [5.74, 6) is -2.62. The van der Waals surface area contributed by atoms with Crippen LogP contribution in [0.2, 0.25) is 0 Å². The number of alkyl halides is 3. The van der Waals surface area contributed by atoms with E-state index in [1.165, 1.54) is 6.92 Å². The predicted octanol–water partition coefficient (Wildman–Crippen LogP) is 3.43. The van der Waals surface area contributed by atoms with Crippen molar-refractivity contribution in [2.45, 2.75) is 25.3 Å². The van der Waals surface area contributed by atoms with Gasteiger partial charge in [-0.05, 0) is 37.5 Å². The summed E-state index contributed by atoms with van der Waals surface area (Å²) in [5, 5.41) is 0. The molecule has 0 atom stereocenters. The van der Waals surface area contributed by atoms with Crippen LogP contribution in [0.5, 0.6) is 0 Å². The van der Waals surface area contributed by atoms with Crippen LogP contribution in [0.25, 0.3) is 5.76 Å². The molecule has 0 saturated carbocycles. The largest absolute Gasteiger partial charge is 0.534 e. The molecule has 9 heteroatoms. The van der Waals surface area contributed by atoms with Crippen LogP contribution < -0.4 is 0 Å². The average Bonchev–Trinajstić information content (AvgIpc) is 2.35. The highest BCUT2D eigenvalue weighted by Crippen LogP contribution is 2.35. The van der Waals surface area contributed by atoms with Gasteiger partial charge in [-0.2, -0.15) is 21.6 Å². The predicted molar refractivity (Wildman–Crippen MR) is 63.5 cm³/mol. The Labute approximate surface area is 117 Å². The summed E-state index contributed by atoms with van der Waals surface area (Å²) in [7, 11) is -5.89. The third kappa shape index (κ3) is 2.74. The lowest BCUT2D eigenvalue weighted by Crippen LogP contribution is -2.25. The van der Waals surface area contributed by atoms with E-state index in [0.29, 0.717) is 0 Å². The number of hydrogen-bond acceptors (Lipinski definition) is 3. The third-order valence-electron chi connectivity index (χ3n) is 3.02. The molecule has 1 aliphatic rings. The van der Waals surface area contributed by atoms with Crippen molar-refractivity contribution < 1.29 is 34.6 Å². The second kappa shape index (κ2) is 4.97. The number of rotatable bonds is 2. The fourth-order valence-corrected chi connectivity index (χ4v) is 2.43. The van der Waals surface area contributed by atoms with Gasteiger partial charge >= 0.3 is 15.6 Å². The van der Waals surface area contributed by atoms with Crippen molar-refractivity contribution >= 4 is 15.9 Å². The van der Waals surface area contributed by atoms with E-state index in [4.69, 9.17) is 0 Å². The lowest BCUT2D eigenvalue weighted by molar-refractivity contribution is -0.0509. The van der Waals surface area contributed by atoms with Gasteiger partial charge in [-0.3, -0.25) is 0 Å². The van der Waals surface area contributed by atoms with E-state index in [-0.39, 0.29) is 29.5 Å². The van der Waals surface area contributed by atoms with E-state index in [0.717, 1.165) is 12.1 Å². The van der Waals surface area contributed by atoms with Gasteiger partial charge < -0.3 is 4.18 Å².